The van der Waals surface area contributed by atoms with Crippen molar-refractivity contribution in [2.45, 2.75) is 46.0 Å². The zero-order valence-electron chi connectivity index (χ0n) is 7.19. The van der Waals surface area contributed by atoms with Crippen LogP contribution >= 0.6 is 0 Å². The maximum absolute atomic E-state index is 2.46. The van der Waals surface area contributed by atoms with Gasteiger partial charge in [0, 0.05) is 0 Å². The largest absolute Gasteiger partial charge is 0.0851 e. The van der Waals surface area contributed by atoms with Crippen molar-refractivity contribution < 1.29 is 0 Å². The van der Waals surface area contributed by atoms with Crippen LogP contribution in [0.15, 0.2) is 11.6 Å². The van der Waals surface area contributed by atoms with Gasteiger partial charge >= 0.3 is 0 Å². The molecule has 0 amide bonds. The van der Waals surface area contributed by atoms with Crippen LogP contribution < -0.4 is 0 Å². The van der Waals surface area contributed by atoms with Crippen LogP contribution in [0.5, 0.6) is 0 Å². The van der Waals surface area contributed by atoms with Crippen LogP contribution in [0.25, 0.3) is 0 Å². The van der Waals surface area contributed by atoms with E-state index in [9.17, 15) is 0 Å². The summed E-state index contributed by atoms with van der Waals surface area (Å²) in [6.45, 7) is 4.62. The zero-order valence-corrected chi connectivity index (χ0v) is 7.19. The average Bonchev–Trinajstić information content (AvgIpc) is 2.05. The van der Waals surface area contributed by atoms with Gasteiger partial charge in [0.25, 0.3) is 0 Å². The van der Waals surface area contributed by atoms with E-state index in [1.165, 1.54) is 32.1 Å². The first kappa shape index (κ1) is 7.84. The molecule has 0 aliphatic heterocycles. The molecule has 0 radical (unpaired) electrons. The molecular weight excluding hydrogens is 120 g/mol. The Morgan fingerprint density at radius 3 is 2.80 bits per heavy atom. The molecule has 1 atom stereocenters. The molecule has 0 heterocycles. The van der Waals surface area contributed by atoms with E-state index in [4.69, 9.17) is 0 Å². The molecular formula is C10H18. The predicted molar refractivity (Wildman–Crippen MR) is 46.0 cm³/mol. The maximum Gasteiger partial charge on any atom is -0.0234 e. The van der Waals surface area contributed by atoms with Crippen LogP contribution in [-0.2, 0) is 0 Å². The van der Waals surface area contributed by atoms with E-state index in [0.29, 0.717) is 0 Å². The average molecular weight is 138 g/mol. The number of allylic oxidation sites excluding steroid dienone is 2. The minimum atomic E-state index is 0.847. The van der Waals surface area contributed by atoms with Crippen molar-refractivity contribution in [2.24, 2.45) is 5.92 Å². The van der Waals surface area contributed by atoms with Crippen molar-refractivity contribution in [1.82, 2.24) is 0 Å². The summed E-state index contributed by atoms with van der Waals surface area (Å²) in [5, 5.41) is 0. The fourth-order valence-electron chi connectivity index (χ4n) is 1.57. The molecule has 0 aromatic rings. The molecule has 0 spiro atoms. The van der Waals surface area contributed by atoms with E-state index in [0.717, 1.165) is 5.92 Å². The van der Waals surface area contributed by atoms with Gasteiger partial charge in [0.05, 0.1) is 0 Å². The maximum atomic E-state index is 2.46. The lowest BCUT2D eigenvalue weighted by Gasteiger charge is -2.17. The van der Waals surface area contributed by atoms with Gasteiger partial charge in [-0.2, -0.15) is 0 Å². The molecule has 0 bridgehead atoms. The summed E-state index contributed by atoms with van der Waals surface area (Å²) in [5.41, 5.74) is 1.72. The van der Waals surface area contributed by atoms with Gasteiger partial charge in [-0.25, -0.2) is 0 Å². The van der Waals surface area contributed by atoms with Gasteiger partial charge in [-0.15, -0.1) is 0 Å². The summed E-state index contributed by atoms with van der Waals surface area (Å²) >= 11 is 0. The van der Waals surface area contributed by atoms with Crippen molar-refractivity contribution in [3.63, 3.8) is 0 Å². The molecule has 58 valence electrons. The van der Waals surface area contributed by atoms with Crippen LogP contribution in [-0.4, -0.2) is 0 Å². The second kappa shape index (κ2) is 3.80. The molecule has 0 N–H and O–H groups in total. The Hall–Kier alpha value is -0.260. The summed E-state index contributed by atoms with van der Waals surface area (Å²) < 4.78 is 0. The second-order valence-corrected chi connectivity index (χ2v) is 3.33. The molecule has 0 aromatic carbocycles. The third-order valence-corrected chi connectivity index (χ3v) is 2.57. The predicted octanol–water partition coefficient (Wildman–Crippen LogP) is 3.53. The first-order valence-corrected chi connectivity index (χ1v) is 4.53. The molecule has 0 saturated heterocycles. The second-order valence-electron chi connectivity index (χ2n) is 3.33. The van der Waals surface area contributed by atoms with Crippen molar-refractivity contribution in [3.05, 3.63) is 11.6 Å². The minimum absolute atomic E-state index is 0.847. The smallest absolute Gasteiger partial charge is 0.0234 e. The number of hydrogen-bond acceptors (Lipinski definition) is 0. The molecule has 0 fully saturated rings. The van der Waals surface area contributed by atoms with E-state index < -0.39 is 0 Å². The van der Waals surface area contributed by atoms with Crippen LogP contribution in [0.3, 0.4) is 0 Å². The molecule has 0 unspecified atom stereocenters. The quantitative estimate of drug-likeness (QED) is 0.512. The van der Waals surface area contributed by atoms with Crippen molar-refractivity contribution in [1.29, 1.82) is 0 Å². The molecule has 0 aromatic heterocycles. The summed E-state index contributed by atoms with van der Waals surface area (Å²) in [6.07, 6.45) is 9.31. The number of hydrogen-bond donors (Lipinski definition) is 0. The zero-order chi connectivity index (χ0) is 7.40. The SMILES string of the molecule is CC[C@H](C)C1=CCCCC1. The lowest BCUT2D eigenvalue weighted by Crippen LogP contribution is -2.01. The number of rotatable bonds is 2. The summed E-state index contributed by atoms with van der Waals surface area (Å²) in [6, 6.07) is 0. The van der Waals surface area contributed by atoms with Crippen LogP contribution in [0.2, 0.25) is 0 Å². The van der Waals surface area contributed by atoms with E-state index in [-0.39, 0.29) is 0 Å². The Morgan fingerprint density at radius 2 is 2.30 bits per heavy atom. The Bertz CT molecular complexity index is 122. The highest BCUT2D eigenvalue weighted by Crippen LogP contribution is 2.25. The van der Waals surface area contributed by atoms with Crippen molar-refractivity contribution >= 4 is 0 Å². The van der Waals surface area contributed by atoms with Gasteiger partial charge in [0.1, 0.15) is 0 Å². The third-order valence-electron chi connectivity index (χ3n) is 2.57. The Morgan fingerprint density at radius 1 is 1.50 bits per heavy atom. The van der Waals surface area contributed by atoms with Crippen molar-refractivity contribution in [3.8, 4) is 0 Å². The molecule has 1 aliphatic carbocycles. The van der Waals surface area contributed by atoms with Gasteiger partial charge < -0.3 is 0 Å². The molecule has 0 nitrogen and oxygen atoms in total. The molecule has 1 rings (SSSR count). The Kier molecular flexibility index (Phi) is 2.98. The Balaban J connectivity index is 2.44. The molecule has 10 heavy (non-hydrogen) atoms. The topological polar surface area (TPSA) is 0 Å². The van der Waals surface area contributed by atoms with Crippen LogP contribution in [0, 0.1) is 5.92 Å². The lowest BCUT2D eigenvalue weighted by atomic mass is 9.89. The Labute approximate surface area is 64.3 Å². The molecule has 0 saturated carbocycles. The highest BCUT2D eigenvalue weighted by atomic mass is 14.1. The normalized spacial score (nSPS) is 22.0. The summed E-state index contributed by atoms with van der Waals surface area (Å²) in [4.78, 5) is 0. The van der Waals surface area contributed by atoms with E-state index in [2.05, 4.69) is 19.9 Å². The molecule has 0 heteroatoms. The minimum Gasteiger partial charge on any atom is -0.0851 e. The fraction of sp³-hybridized carbons (Fsp3) is 0.800. The first-order valence-electron chi connectivity index (χ1n) is 4.53. The van der Waals surface area contributed by atoms with Gasteiger partial charge in [0.2, 0.25) is 0 Å². The first-order chi connectivity index (χ1) is 4.84. The van der Waals surface area contributed by atoms with Gasteiger partial charge in [-0.3, -0.25) is 0 Å². The van der Waals surface area contributed by atoms with Gasteiger partial charge in [-0.05, 0) is 38.0 Å². The molecule has 1 aliphatic rings. The van der Waals surface area contributed by atoms with Crippen LogP contribution in [0.4, 0.5) is 0 Å². The lowest BCUT2D eigenvalue weighted by molar-refractivity contribution is 0.573. The third kappa shape index (κ3) is 1.86. The summed E-state index contributed by atoms with van der Waals surface area (Å²) in [7, 11) is 0. The van der Waals surface area contributed by atoms with Gasteiger partial charge in [-0.1, -0.05) is 25.5 Å². The van der Waals surface area contributed by atoms with E-state index in [1.54, 1.807) is 5.57 Å². The van der Waals surface area contributed by atoms with Crippen molar-refractivity contribution in [2.75, 3.05) is 0 Å². The fourth-order valence-corrected chi connectivity index (χ4v) is 1.57. The van der Waals surface area contributed by atoms with Gasteiger partial charge in [0.15, 0.2) is 0 Å². The monoisotopic (exact) mass is 138 g/mol. The van der Waals surface area contributed by atoms with E-state index in [1.807, 2.05) is 0 Å². The van der Waals surface area contributed by atoms with Crippen LogP contribution in [0.1, 0.15) is 46.0 Å². The highest BCUT2D eigenvalue weighted by molar-refractivity contribution is 5.07. The highest BCUT2D eigenvalue weighted by Gasteiger charge is 2.08. The standard InChI is InChI=1S/C10H18/c1-3-9(2)10-7-5-4-6-8-10/h7,9H,3-6,8H2,1-2H3/t9-/m0/s1. The summed E-state index contributed by atoms with van der Waals surface area (Å²) in [5.74, 6) is 0.847. The van der Waals surface area contributed by atoms with E-state index >= 15 is 0 Å².